The number of methoxy groups -OCH3 is 1. The lowest BCUT2D eigenvalue weighted by Gasteiger charge is -2.21. The van der Waals surface area contributed by atoms with Crippen LogP contribution in [0.4, 0.5) is 0 Å². The second kappa shape index (κ2) is 7.16. The van der Waals surface area contributed by atoms with Gasteiger partial charge in [0.2, 0.25) is 0 Å². The van der Waals surface area contributed by atoms with Crippen molar-refractivity contribution in [3.63, 3.8) is 0 Å². The summed E-state index contributed by atoms with van der Waals surface area (Å²) in [6.45, 7) is 2.92. The molecule has 1 unspecified atom stereocenters. The third-order valence-electron chi connectivity index (χ3n) is 3.34. The van der Waals surface area contributed by atoms with Crippen LogP contribution in [-0.2, 0) is 6.54 Å². The maximum Gasteiger partial charge on any atom is 0.125 e. The van der Waals surface area contributed by atoms with E-state index in [0.717, 1.165) is 30.0 Å². The van der Waals surface area contributed by atoms with E-state index in [2.05, 4.69) is 17.3 Å². The van der Waals surface area contributed by atoms with Gasteiger partial charge in [0, 0.05) is 17.1 Å². The van der Waals surface area contributed by atoms with Crippen molar-refractivity contribution in [3.05, 3.63) is 45.7 Å². The molecule has 0 aliphatic rings. The van der Waals surface area contributed by atoms with Gasteiger partial charge in [-0.25, -0.2) is 0 Å². The number of aryl methyl sites for hydroxylation is 1. The number of halogens is 2. The van der Waals surface area contributed by atoms with Crippen LogP contribution in [0.2, 0.25) is 10.0 Å². The molecular weight excluding hydrogens is 309 g/mol. The molecule has 6 heteroatoms. The molecule has 1 atom stereocenters. The summed E-state index contributed by atoms with van der Waals surface area (Å²) in [5, 5.41) is 8.91. The molecule has 1 heterocycles. The van der Waals surface area contributed by atoms with Crippen molar-refractivity contribution in [2.24, 2.45) is 0 Å². The van der Waals surface area contributed by atoms with E-state index >= 15 is 0 Å². The average Bonchev–Trinajstić information content (AvgIpc) is 2.83. The summed E-state index contributed by atoms with van der Waals surface area (Å²) in [5.41, 5.74) is 1.91. The minimum atomic E-state index is -0.112. The largest absolute Gasteiger partial charge is 0.496 e. The molecule has 0 saturated carbocycles. The highest BCUT2D eigenvalue weighted by atomic mass is 35.5. The van der Waals surface area contributed by atoms with Gasteiger partial charge in [0.15, 0.2) is 0 Å². The fraction of sp³-hybridized carbons (Fsp3) is 0.400. The third kappa shape index (κ3) is 3.34. The smallest absolute Gasteiger partial charge is 0.125 e. The number of nitrogens with zero attached hydrogens (tertiary/aromatic N) is 2. The third-order valence-corrected chi connectivity index (χ3v) is 3.86. The molecule has 4 nitrogen and oxygen atoms in total. The predicted octanol–water partition coefficient (Wildman–Crippen LogP) is 3.92. The molecule has 1 aromatic carbocycles. The first-order valence-electron chi connectivity index (χ1n) is 6.84. The van der Waals surface area contributed by atoms with E-state index < -0.39 is 0 Å². The Labute approximate surface area is 135 Å². The molecular formula is C15H19Cl2N3O. The molecule has 0 spiro atoms. The van der Waals surface area contributed by atoms with E-state index in [9.17, 15) is 0 Å². The number of hydrogen-bond acceptors (Lipinski definition) is 3. The van der Waals surface area contributed by atoms with E-state index in [4.69, 9.17) is 27.9 Å². The number of nitrogens with one attached hydrogen (secondary N) is 1. The van der Waals surface area contributed by atoms with Crippen molar-refractivity contribution < 1.29 is 4.74 Å². The van der Waals surface area contributed by atoms with Crippen LogP contribution < -0.4 is 10.1 Å². The van der Waals surface area contributed by atoms with Gasteiger partial charge in [-0.05, 0) is 25.6 Å². The fourth-order valence-electron chi connectivity index (χ4n) is 2.41. The van der Waals surface area contributed by atoms with Gasteiger partial charge in [0.05, 0.1) is 30.1 Å². The summed E-state index contributed by atoms with van der Waals surface area (Å²) in [4.78, 5) is 0. The van der Waals surface area contributed by atoms with E-state index in [1.807, 2.05) is 23.9 Å². The normalized spacial score (nSPS) is 12.4. The zero-order chi connectivity index (χ0) is 15.4. The monoisotopic (exact) mass is 327 g/mol. The minimum absolute atomic E-state index is 0.112. The number of aromatic nitrogens is 2. The first kappa shape index (κ1) is 16.1. The van der Waals surface area contributed by atoms with Gasteiger partial charge in [-0.1, -0.05) is 36.2 Å². The van der Waals surface area contributed by atoms with Crippen LogP contribution in [0.1, 0.15) is 30.6 Å². The number of ether oxygens (including phenoxy) is 1. The molecule has 2 rings (SSSR count). The Morgan fingerprint density at radius 1 is 1.38 bits per heavy atom. The van der Waals surface area contributed by atoms with E-state index in [-0.39, 0.29) is 6.04 Å². The van der Waals surface area contributed by atoms with Gasteiger partial charge in [-0.3, -0.25) is 4.68 Å². The van der Waals surface area contributed by atoms with Crippen molar-refractivity contribution in [3.8, 4) is 5.75 Å². The average molecular weight is 328 g/mol. The summed E-state index contributed by atoms with van der Waals surface area (Å²) in [5.74, 6) is 0.724. The highest BCUT2D eigenvalue weighted by Gasteiger charge is 2.23. The predicted molar refractivity (Wildman–Crippen MR) is 86.4 cm³/mol. The van der Waals surface area contributed by atoms with Crippen LogP contribution in [0.25, 0.3) is 0 Å². The summed E-state index contributed by atoms with van der Waals surface area (Å²) in [7, 11) is 3.52. The lowest BCUT2D eigenvalue weighted by Crippen LogP contribution is -2.22. The topological polar surface area (TPSA) is 39.1 Å². The van der Waals surface area contributed by atoms with Gasteiger partial charge in [-0.2, -0.15) is 5.10 Å². The molecule has 1 N–H and O–H groups in total. The van der Waals surface area contributed by atoms with E-state index in [1.165, 1.54) is 0 Å². The number of hydrogen-bond donors (Lipinski definition) is 1. The Kier molecular flexibility index (Phi) is 5.51. The number of rotatable bonds is 6. The standard InChI is InChI=1S/C15H19Cl2N3O/c1-4-7-20-15(12(17)9-19-20)14(18-2)11-6-5-10(16)8-13(11)21-3/h5-6,8-9,14,18H,4,7H2,1-3H3. The molecule has 2 aromatic rings. The highest BCUT2D eigenvalue weighted by Crippen LogP contribution is 2.34. The molecule has 0 bridgehead atoms. The van der Waals surface area contributed by atoms with Crippen molar-refractivity contribution in [1.82, 2.24) is 15.1 Å². The van der Waals surface area contributed by atoms with Crippen LogP contribution >= 0.6 is 23.2 Å². The van der Waals surface area contributed by atoms with Gasteiger partial charge < -0.3 is 10.1 Å². The van der Waals surface area contributed by atoms with Crippen LogP contribution in [0.3, 0.4) is 0 Å². The van der Waals surface area contributed by atoms with Gasteiger partial charge in [0.1, 0.15) is 5.75 Å². The second-order valence-electron chi connectivity index (χ2n) is 4.71. The van der Waals surface area contributed by atoms with Crippen molar-refractivity contribution in [2.45, 2.75) is 25.9 Å². The SMILES string of the molecule is CCCn1ncc(Cl)c1C(NC)c1ccc(Cl)cc1OC. The fourth-order valence-corrected chi connectivity index (χ4v) is 2.82. The molecule has 21 heavy (non-hydrogen) atoms. The molecule has 0 saturated heterocycles. The van der Waals surface area contributed by atoms with E-state index in [1.54, 1.807) is 19.4 Å². The molecule has 114 valence electrons. The molecule has 1 aromatic heterocycles. The molecule has 0 radical (unpaired) electrons. The molecule has 0 aliphatic carbocycles. The first-order valence-corrected chi connectivity index (χ1v) is 7.59. The first-order chi connectivity index (χ1) is 10.1. The van der Waals surface area contributed by atoms with Crippen molar-refractivity contribution in [2.75, 3.05) is 14.2 Å². The summed E-state index contributed by atoms with van der Waals surface area (Å²) in [6, 6.07) is 5.48. The molecule has 0 fully saturated rings. The lowest BCUT2D eigenvalue weighted by molar-refractivity contribution is 0.403. The zero-order valence-electron chi connectivity index (χ0n) is 12.4. The van der Waals surface area contributed by atoms with Crippen LogP contribution in [0.15, 0.2) is 24.4 Å². The Morgan fingerprint density at radius 2 is 2.14 bits per heavy atom. The summed E-state index contributed by atoms with van der Waals surface area (Å²) >= 11 is 12.4. The summed E-state index contributed by atoms with van der Waals surface area (Å²) in [6.07, 6.45) is 2.67. The second-order valence-corrected chi connectivity index (χ2v) is 5.55. The molecule has 0 amide bonds. The number of benzene rings is 1. The van der Waals surface area contributed by atoms with Gasteiger partial charge in [0.25, 0.3) is 0 Å². The van der Waals surface area contributed by atoms with Gasteiger partial charge >= 0.3 is 0 Å². The Balaban J connectivity index is 2.52. The molecule has 0 aliphatic heterocycles. The van der Waals surface area contributed by atoms with E-state index in [0.29, 0.717) is 10.0 Å². The van der Waals surface area contributed by atoms with Crippen molar-refractivity contribution in [1.29, 1.82) is 0 Å². The van der Waals surface area contributed by atoms with Crippen LogP contribution in [0.5, 0.6) is 5.75 Å². The minimum Gasteiger partial charge on any atom is -0.496 e. The maximum absolute atomic E-state index is 6.34. The highest BCUT2D eigenvalue weighted by molar-refractivity contribution is 6.31. The van der Waals surface area contributed by atoms with Crippen LogP contribution in [-0.4, -0.2) is 23.9 Å². The lowest BCUT2D eigenvalue weighted by atomic mass is 10.0. The van der Waals surface area contributed by atoms with Gasteiger partial charge in [-0.15, -0.1) is 0 Å². The maximum atomic E-state index is 6.34. The van der Waals surface area contributed by atoms with Crippen molar-refractivity contribution >= 4 is 23.2 Å². The Bertz CT molecular complexity index is 613. The van der Waals surface area contributed by atoms with Crippen LogP contribution in [0, 0.1) is 0 Å². The Hall–Kier alpha value is -1.23. The zero-order valence-corrected chi connectivity index (χ0v) is 13.9. The summed E-state index contributed by atoms with van der Waals surface area (Å²) < 4.78 is 7.38. The Morgan fingerprint density at radius 3 is 2.76 bits per heavy atom. The quantitative estimate of drug-likeness (QED) is 0.874.